The number of carbonyl (C=O) groups excluding carboxylic acids is 1. The molecule has 1 unspecified atom stereocenters. The summed E-state index contributed by atoms with van der Waals surface area (Å²) in [5.74, 6) is 1.52. The van der Waals surface area contributed by atoms with Gasteiger partial charge in [0.05, 0.1) is 0 Å². The van der Waals surface area contributed by atoms with Gasteiger partial charge >= 0.3 is 0 Å². The average Bonchev–Trinajstić information content (AvgIpc) is 3.23. The molecule has 4 rings (SSSR count). The second-order valence-corrected chi connectivity index (χ2v) is 7.60. The SMILES string of the molecule is Cc1cccc(-c2noc(C3CCCCN3C(=O)COc3ccc(Cl)cc3)n2)c1. The molecule has 1 aliphatic rings. The van der Waals surface area contributed by atoms with E-state index < -0.39 is 0 Å². The minimum atomic E-state index is -0.226. The fraction of sp³-hybridized carbons (Fsp3) is 0.318. The molecule has 6 nitrogen and oxygen atoms in total. The van der Waals surface area contributed by atoms with Crippen LogP contribution in [0.25, 0.3) is 11.4 Å². The minimum absolute atomic E-state index is 0.0446. The molecule has 0 aliphatic carbocycles. The Morgan fingerprint density at radius 2 is 2.07 bits per heavy atom. The van der Waals surface area contributed by atoms with Crippen LogP contribution in [0.5, 0.6) is 5.75 Å². The average molecular weight is 412 g/mol. The first-order chi connectivity index (χ1) is 14.1. The van der Waals surface area contributed by atoms with Gasteiger partial charge in [0.2, 0.25) is 11.7 Å². The number of likely N-dealkylation sites (tertiary alicyclic amines) is 1. The molecule has 3 aromatic rings. The van der Waals surface area contributed by atoms with Crippen molar-refractivity contribution in [2.45, 2.75) is 32.2 Å². The number of halogens is 1. The normalized spacial score (nSPS) is 16.6. The standard InChI is InChI=1S/C22H22ClN3O3/c1-15-5-4-6-16(13-15)21-24-22(29-25-21)19-7-2-3-12-26(19)20(27)14-28-18-10-8-17(23)9-11-18/h4-6,8-11,13,19H,2-3,7,12,14H2,1H3. The smallest absolute Gasteiger partial charge is 0.261 e. The van der Waals surface area contributed by atoms with Gasteiger partial charge < -0.3 is 14.2 Å². The molecule has 1 fully saturated rings. The molecule has 1 amide bonds. The third kappa shape index (κ3) is 4.59. The van der Waals surface area contributed by atoms with E-state index in [0.717, 1.165) is 30.4 Å². The van der Waals surface area contributed by atoms with E-state index in [-0.39, 0.29) is 18.6 Å². The molecule has 1 saturated heterocycles. The number of ether oxygens (including phenoxy) is 1. The number of nitrogens with zero attached hydrogens (tertiary/aromatic N) is 3. The van der Waals surface area contributed by atoms with Crippen molar-refractivity contribution in [3.63, 3.8) is 0 Å². The van der Waals surface area contributed by atoms with E-state index >= 15 is 0 Å². The van der Waals surface area contributed by atoms with Crippen LogP contribution >= 0.6 is 11.6 Å². The number of hydrogen-bond acceptors (Lipinski definition) is 5. The summed E-state index contributed by atoms with van der Waals surface area (Å²) in [5, 5.41) is 4.76. The highest BCUT2D eigenvalue weighted by Gasteiger charge is 2.32. The summed E-state index contributed by atoms with van der Waals surface area (Å²) in [5.41, 5.74) is 2.03. The van der Waals surface area contributed by atoms with Crippen LogP contribution in [0.15, 0.2) is 53.1 Å². The maximum absolute atomic E-state index is 12.8. The lowest BCUT2D eigenvalue weighted by Crippen LogP contribution is -2.41. The summed E-state index contributed by atoms with van der Waals surface area (Å²) in [6.45, 7) is 2.62. The van der Waals surface area contributed by atoms with E-state index in [2.05, 4.69) is 10.1 Å². The van der Waals surface area contributed by atoms with Crippen molar-refractivity contribution in [3.05, 3.63) is 65.0 Å². The van der Waals surface area contributed by atoms with Crippen molar-refractivity contribution in [3.8, 4) is 17.1 Å². The lowest BCUT2D eigenvalue weighted by atomic mass is 10.0. The maximum atomic E-state index is 12.8. The van der Waals surface area contributed by atoms with Gasteiger partial charge in [0.1, 0.15) is 11.8 Å². The van der Waals surface area contributed by atoms with Crippen LogP contribution in [0.4, 0.5) is 0 Å². The van der Waals surface area contributed by atoms with Gasteiger partial charge in [-0.15, -0.1) is 0 Å². The van der Waals surface area contributed by atoms with Crippen LogP contribution < -0.4 is 4.74 Å². The summed E-state index contributed by atoms with van der Waals surface area (Å²) in [7, 11) is 0. The highest BCUT2D eigenvalue weighted by atomic mass is 35.5. The Labute approximate surface area is 174 Å². The lowest BCUT2D eigenvalue weighted by molar-refractivity contribution is -0.138. The second kappa shape index (κ2) is 8.66. The summed E-state index contributed by atoms with van der Waals surface area (Å²) >= 11 is 5.88. The molecule has 0 saturated carbocycles. The summed E-state index contributed by atoms with van der Waals surface area (Å²) < 4.78 is 11.2. The Bertz CT molecular complexity index is 987. The fourth-order valence-corrected chi connectivity index (χ4v) is 3.64. The van der Waals surface area contributed by atoms with Crippen molar-refractivity contribution in [1.29, 1.82) is 0 Å². The molecule has 0 bridgehead atoms. The third-order valence-electron chi connectivity index (χ3n) is 5.00. The van der Waals surface area contributed by atoms with Crippen molar-refractivity contribution in [2.24, 2.45) is 0 Å². The van der Waals surface area contributed by atoms with Gasteiger partial charge in [0.15, 0.2) is 6.61 Å². The topological polar surface area (TPSA) is 68.5 Å². The van der Waals surface area contributed by atoms with Crippen LogP contribution in [0.1, 0.15) is 36.8 Å². The number of aryl methyl sites for hydroxylation is 1. The molecular formula is C22H22ClN3O3. The number of benzene rings is 2. The van der Waals surface area contributed by atoms with Crippen molar-refractivity contribution in [1.82, 2.24) is 15.0 Å². The Hall–Kier alpha value is -2.86. The van der Waals surface area contributed by atoms with E-state index in [9.17, 15) is 4.79 Å². The summed E-state index contributed by atoms with van der Waals surface area (Å²) in [6.07, 6.45) is 2.75. The highest BCUT2D eigenvalue weighted by molar-refractivity contribution is 6.30. The molecule has 1 aliphatic heterocycles. The first-order valence-electron chi connectivity index (χ1n) is 9.68. The lowest BCUT2D eigenvalue weighted by Gasteiger charge is -2.33. The Kier molecular flexibility index (Phi) is 5.81. The van der Waals surface area contributed by atoms with Gasteiger partial charge in [0, 0.05) is 17.1 Å². The zero-order valence-electron chi connectivity index (χ0n) is 16.2. The molecule has 1 aromatic heterocycles. The Morgan fingerprint density at radius 1 is 1.24 bits per heavy atom. The van der Waals surface area contributed by atoms with E-state index in [4.69, 9.17) is 20.9 Å². The van der Waals surface area contributed by atoms with Gasteiger partial charge in [-0.1, -0.05) is 40.5 Å². The van der Waals surface area contributed by atoms with Crippen molar-refractivity contribution >= 4 is 17.5 Å². The minimum Gasteiger partial charge on any atom is -0.484 e. The quantitative estimate of drug-likeness (QED) is 0.601. The number of carbonyl (C=O) groups is 1. The third-order valence-corrected chi connectivity index (χ3v) is 5.25. The molecule has 0 N–H and O–H groups in total. The largest absolute Gasteiger partial charge is 0.484 e. The monoisotopic (exact) mass is 411 g/mol. The van der Waals surface area contributed by atoms with Gasteiger partial charge in [0.25, 0.3) is 5.91 Å². The Balaban J connectivity index is 1.47. The summed E-state index contributed by atoms with van der Waals surface area (Å²) in [6, 6.07) is 14.7. The van der Waals surface area contributed by atoms with E-state index in [1.54, 1.807) is 29.2 Å². The molecule has 29 heavy (non-hydrogen) atoms. The number of aromatic nitrogens is 2. The van der Waals surface area contributed by atoms with Gasteiger partial charge in [-0.25, -0.2) is 0 Å². The first-order valence-corrected chi connectivity index (χ1v) is 10.1. The van der Waals surface area contributed by atoms with Gasteiger partial charge in [-0.3, -0.25) is 4.79 Å². The van der Waals surface area contributed by atoms with Crippen LogP contribution in [-0.2, 0) is 4.79 Å². The van der Waals surface area contributed by atoms with Crippen LogP contribution in [-0.4, -0.2) is 34.1 Å². The van der Waals surface area contributed by atoms with Gasteiger partial charge in [-0.2, -0.15) is 4.98 Å². The zero-order valence-corrected chi connectivity index (χ0v) is 16.9. The van der Waals surface area contributed by atoms with Crippen molar-refractivity contribution in [2.75, 3.05) is 13.2 Å². The first kappa shape index (κ1) is 19.5. The molecular weight excluding hydrogens is 390 g/mol. The number of rotatable bonds is 5. The molecule has 1 atom stereocenters. The molecule has 2 heterocycles. The number of piperidine rings is 1. The Morgan fingerprint density at radius 3 is 2.86 bits per heavy atom. The molecule has 0 radical (unpaired) electrons. The predicted octanol–water partition coefficient (Wildman–Crippen LogP) is 4.83. The molecule has 0 spiro atoms. The number of amides is 1. The van der Waals surface area contributed by atoms with Crippen LogP contribution in [0.3, 0.4) is 0 Å². The van der Waals surface area contributed by atoms with E-state index in [0.29, 0.717) is 29.0 Å². The molecule has 7 heteroatoms. The number of hydrogen-bond donors (Lipinski definition) is 0. The van der Waals surface area contributed by atoms with Crippen molar-refractivity contribution < 1.29 is 14.1 Å². The van der Waals surface area contributed by atoms with E-state index in [1.807, 2.05) is 31.2 Å². The summed E-state index contributed by atoms with van der Waals surface area (Å²) in [4.78, 5) is 19.2. The fourth-order valence-electron chi connectivity index (χ4n) is 3.52. The van der Waals surface area contributed by atoms with Gasteiger partial charge in [-0.05, 0) is 56.5 Å². The van der Waals surface area contributed by atoms with E-state index in [1.165, 1.54) is 0 Å². The second-order valence-electron chi connectivity index (χ2n) is 7.17. The zero-order chi connectivity index (χ0) is 20.2. The highest BCUT2D eigenvalue weighted by Crippen LogP contribution is 2.31. The molecule has 2 aromatic carbocycles. The van der Waals surface area contributed by atoms with Crippen LogP contribution in [0, 0.1) is 6.92 Å². The van der Waals surface area contributed by atoms with Crippen LogP contribution in [0.2, 0.25) is 5.02 Å². The maximum Gasteiger partial charge on any atom is 0.261 e. The molecule has 150 valence electrons. The predicted molar refractivity (Wildman–Crippen MR) is 110 cm³/mol.